The van der Waals surface area contributed by atoms with Crippen LogP contribution in [0.3, 0.4) is 0 Å². The van der Waals surface area contributed by atoms with Gasteiger partial charge in [-0.05, 0) is 41.7 Å². The molecule has 4 rings (SSSR count). The van der Waals surface area contributed by atoms with Gasteiger partial charge in [0.2, 0.25) is 0 Å². The number of halogens is 1. The second-order valence-corrected chi connectivity index (χ2v) is 10.6. The molecule has 2 aromatic heterocycles. The molecule has 1 N–H and O–H groups in total. The number of hydrazone groups is 1. The first-order chi connectivity index (χ1) is 15.8. The van der Waals surface area contributed by atoms with Crippen molar-refractivity contribution in [2.75, 3.05) is 0 Å². The molecule has 0 saturated carbocycles. The standard InChI is InChI=1S/C27H26ClN3OS/c1-5-21(24-14-15-25(28)33-24)30-31-26(32)20-16-23(29-22-9-7-6-8-19(20)22)17-10-12-18(13-11-17)27(2,3)4/h6-16H,5H2,1-4H3,(H,31,32)/b30-21+. The van der Waals surface area contributed by atoms with Gasteiger partial charge in [-0.25, -0.2) is 10.4 Å². The minimum absolute atomic E-state index is 0.0716. The van der Waals surface area contributed by atoms with Gasteiger partial charge in [-0.1, -0.05) is 81.8 Å². The number of pyridine rings is 1. The minimum Gasteiger partial charge on any atom is -0.267 e. The van der Waals surface area contributed by atoms with Crippen LogP contribution in [0.25, 0.3) is 22.2 Å². The lowest BCUT2D eigenvalue weighted by atomic mass is 9.86. The number of nitrogens with one attached hydrogen (secondary N) is 1. The molecule has 6 heteroatoms. The largest absolute Gasteiger partial charge is 0.272 e. The van der Waals surface area contributed by atoms with Crippen LogP contribution >= 0.6 is 22.9 Å². The zero-order valence-electron chi connectivity index (χ0n) is 19.1. The van der Waals surface area contributed by atoms with E-state index < -0.39 is 0 Å². The molecule has 4 nitrogen and oxygen atoms in total. The maximum absolute atomic E-state index is 13.2. The van der Waals surface area contributed by atoms with Gasteiger partial charge in [0.1, 0.15) is 0 Å². The van der Waals surface area contributed by atoms with Crippen molar-refractivity contribution in [2.24, 2.45) is 5.10 Å². The Morgan fingerprint density at radius 3 is 2.42 bits per heavy atom. The zero-order valence-corrected chi connectivity index (χ0v) is 20.7. The summed E-state index contributed by atoms with van der Waals surface area (Å²) in [6, 6.07) is 21.6. The van der Waals surface area contributed by atoms with Gasteiger partial charge in [-0.3, -0.25) is 4.79 Å². The third-order valence-electron chi connectivity index (χ3n) is 5.49. The summed E-state index contributed by atoms with van der Waals surface area (Å²) < 4.78 is 0.694. The van der Waals surface area contributed by atoms with E-state index in [1.165, 1.54) is 16.9 Å². The van der Waals surface area contributed by atoms with Crippen LogP contribution in [0.1, 0.15) is 54.9 Å². The molecule has 0 fully saturated rings. The Morgan fingerprint density at radius 2 is 1.79 bits per heavy atom. The summed E-state index contributed by atoms with van der Waals surface area (Å²) in [5.41, 5.74) is 7.88. The number of fused-ring (bicyclic) bond motifs is 1. The van der Waals surface area contributed by atoms with Crippen LogP contribution in [0.4, 0.5) is 0 Å². The number of aromatic nitrogens is 1. The fraction of sp³-hybridized carbons (Fsp3) is 0.222. The van der Waals surface area contributed by atoms with Gasteiger partial charge in [-0.15, -0.1) is 11.3 Å². The molecule has 0 aliphatic rings. The molecular weight excluding hydrogens is 450 g/mol. The predicted molar refractivity (Wildman–Crippen MR) is 140 cm³/mol. The smallest absolute Gasteiger partial charge is 0.267 e. The molecule has 0 aliphatic heterocycles. The van der Waals surface area contributed by atoms with Crippen molar-refractivity contribution < 1.29 is 4.79 Å². The first-order valence-corrected chi connectivity index (χ1v) is 12.1. The van der Waals surface area contributed by atoms with E-state index in [2.05, 4.69) is 55.6 Å². The number of carbonyl (C=O) groups excluding carboxylic acids is 1. The van der Waals surface area contributed by atoms with Crippen LogP contribution in [0.5, 0.6) is 0 Å². The first-order valence-electron chi connectivity index (χ1n) is 10.9. The normalized spacial score (nSPS) is 12.2. The fourth-order valence-electron chi connectivity index (χ4n) is 3.61. The maximum atomic E-state index is 13.2. The maximum Gasteiger partial charge on any atom is 0.272 e. The Kier molecular flexibility index (Phi) is 6.63. The molecule has 2 aromatic carbocycles. The van der Waals surface area contributed by atoms with Crippen LogP contribution in [0.15, 0.2) is 71.8 Å². The number of rotatable bonds is 5. The van der Waals surface area contributed by atoms with Crippen molar-refractivity contribution in [1.29, 1.82) is 0 Å². The summed E-state index contributed by atoms with van der Waals surface area (Å²) in [6.07, 6.45) is 0.680. The molecule has 168 valence electrons. The number of carbonyl (C=O) groups is 1. The number of thiophene rings is 1. The van der Waals surface area contributed by atoms with Crippen molar-refractivity contribution in [3.8, 4) is 11.3 Å². The average molecular weight is 476 g/mol. The van der Waals surface area contributed by atoms with Gasteiger partial charge in [0, 0.05) is 10.9 Å². The number of amides is 1. The summed E-state index contributed by atoms with van der Waals surface area (Å²) in [5, 5.41) is 5.19. The quantitative estimate of drug-likeness (QED) is 0.240. The SMILES string of the molecule is CC/C(=N\NC(=O)c1cc(-c2ccc(C(C)(C)C)cc2)nc2ccccc12)c1ccc(Cl)s1. The highest BCUT2D eigenvalue weighted by Crippen LogP contribution is 2.28. The highest BCUT2D eigenvalue weighted by molar-refractivity contribution is 7.18. The van der Waals surface area contributed by atoms with Gasteiger partial charge in [0.25, 0.3) is 5.91 Å². The minimum atomic E-state index is -0.269. The molecule has 0 aliphatic carbocycles. The van der Waals surface area contributed by atoms with E-state index in [1.54, 1.807) is 0 Å². The third-order valence-corrected chi connectivity index (χ3v) is 6.77. The van der Waals surface area contributed by atoms with E-state index in [9.17, 15) is 4.79 Å². The highest BCUT2D eigenvalue weighted by atomic mass is 35.5. The Balaban J connectivity index is 1.71. The molecule has 0 unspecified atom stereocenters. The molecule has 0 spiro atoms. The predicted octanol–water partition coefficient (Wildman–Crippen LogP) is 7.46. The van der Waals surface area contributed by atoms with Gasteiger partial charge < -0.3 is 0 Å². The van der Waals surface area contributed by atoms with Crippen molar-refractivity contribution in [1.82, 2.24) is 10.4 Å². The number of benzene rings is 2. The number of para-hydroxylation sites is 1. The zero-order chi connectivity index (χ0) is 23.6. The van der Waals surface area contributed by atoms with Crippen molar-refractivity contribution in [3.63, 3.8) is 0 Å². The molecule has 4 aromatic rings. The van der Waals surface area contributed by atoms with Gasteiger partial charge in [0.05, 0.1) is 31.7 Å². The van der Waals surface area contributed by atoms with E-state index >= 15 is 0 Å². The number of hydrogen-bond donors (Lipinski definition) is 1. The lowest BCUT2D eigenvalue weighted by Gasteiger charge is -2.19. The Hall–Kier alpha value is -3.02. The third kappa shape index (κ3) is 5.15. The van der Waals surface area contributed by atoms with Crippen LogP contribution in [0, 0.1) is 0 Å². The van der Waals surface area contributed by atoms with E-state index in [4.69, 9.17) is 16.6 Å². The molecule has 1 amide bonds. The van der Waals surface area contributed by atoms with Gasteiger partial charge >= 0.3 is 0 Å². The van der Waals surface area contributed by atoms with Crippen LogP contribution in [-0.4, -0.2) is 16.6 Å². The molecule has 2 heterocycles. The monoisotopic (exact) mass is 475 g/mol. The molecular formula is C27H26ClN3OS. The number of hydrogen-bond acceptors (Lipinski definition) is 4. The lowest BCUT2D eigenvalue weighted by Crippen LogP contribution is -2.20. The summed E-state index contributed by atoms with van der Waals surface area (Å²) in [5.74, 6) is -0.269. The highest BCUT2D eigenvalue weighted by Gasteiger charge is 2.16. The van der Waals surface area contributed by atoms with Crippen molar-refractivity contribution >= 4 is 45.5 Å². The Bertz CT molecular complexity index is 1330. The summed E-state index contributed by atoms with van der Waals surface area (Å²) in [7, 11) is 0. The van der Waals surface area contributed by atoms with Gasteiger partial charge in [-0.2, -0.15) is 5.10 Å². The first kappa shape index (κ1) is 23.1. The Morgan fingerprint density at radius 1 is 1.06 bits per heavy atom. The summed E-state index contributed by atoms with van der Waals surface area (Å²) >= 11 is 7.51. The van der Waals surface area contributed by atoms with Gasteiger partial charge in [0.15, 0.2) is 0 Å². The van der Waals surface area contributed by atoms with E-state index in [1.807, 2.05) is 49.4 Å². The molecule has 33 heavy (non-hydrogen) atoms. The van der Waals surface area contributed by atoms with E-state index in [-0.39, 0.29) is 11.3 Å². The molecule has 0 saturated heterocycles. The average Bonchev–Trinajstić information content (AvgIpc) is 3.24. The van der Waals surface area contributed by atoms with E-state index in [0.29, 0.717) is 16.3 Å². The molecule has 0 bridgehead atoms. The lowest BCUT2D eigenvalue weighted by molar-refractivity contribution is 0.0956. The van der Waals surface area contributed by atoms with Crippen molar-refractivity contribution in [2.45, 2.75) is 39.5 Å². The molecule has 0 atom stereocenters. The number of nitrogens with zero attached hydrogens (tertiary/aromatic N) is 2. The fourth-order valence-corrected chi connectivity index (χ4v) is 4.71. The second-order valence-electron chi connectivity index (χ2n) is 8.86. The summed E-state index contributed by atoms with van der Waals surface area (Å²) in [4.78, 5) is 19.0. The van der Waals surface area contributed by atoms with Crippen molar-refractivity contribution in [3.05, 3.63) is 87.1 Å². The molecule has 0 radical (unpaired) electrons. The Labute approximate surface area is 203 Å². The topological polar surface area (TPSA) is 54.4 Å². The van der Waals surface area contributed by atoms with Crippen LogP contribution < -0.4 is 5.43 Å². The van der Waals surface area contributed by atoms with Crippen LogP contribution in [0.2, 0.25) is 4.34 Å². The summed E-state index contributed by atoms with van der Waals surface area (Å²) in [6.45, 7) is 8.57. The van der Waals surface area contributed by atoms with E-state index in [0.717, 1.165) is 32.7 Å². The second kappa shape index (κ2) is 9.46. The van der Waals surface area contributed by atoms with Crippen LogP contribution in [-0.2, 0) is 5.41 Å².